The van der Waals surface area contributed by atoms with E-state index in [4.69, 9.17) is 16.0 Å². The van der Waals surface area contributed by atoms with Gasteiger partial charge in [-0.3, -0.25) is 4.79 Å². The van der Waals surface area contributed by atoms with Gasteiger partial charge >= 0.3 is 0 Å². The van der Waals surface area contributed by atoms with E-state index in [9.17, 15) is 4.79 Å². The van der Waals surface area contributed by atoms with E-state index < -0.39 is 8.32 Å². The number of H-pyrrole nitrogens is 1. The van der Waals surface area contributed by atoms with Crippen molar-refractivity contribution >= 4 is 47.7 Å². The molecule has 1 N–H and O–H groups in total. The molecule has 0 aliphatic carbocycles. The Morgan fingerprint density at radius 1 is 1.09 bits per heavy atom. The first-order valence-electron chi connectivity index (χ1n) is 7.68. The van der Waals surface area contributed by atoms with E-state index in [1.54, 1.807) is 0 Å². The minimum Gasteiger partial charge on any atom is -0.519 e. The molecule has 0 aliphatic heterocycles. The second kappa shape index (κ2) is 5.69. The van der Waals surface area contributed by atoms with Gasteiger partial charge in [-0.25, -0.2) is 0 Å². The molecule has 3 nitrogen and oxygen atoms in total. The van der Waals surface area contributed by atoms with Crippen molar-refractivity contribution < 1.29 is 9.22 Å². The fourth-order valence-corrected chi connectivity index (χ4v) is 3.64. The zero-order chi connectivity index (χ0) is 16.8. The van der Waals surface area contributed by atoms with Crippen LogP contribution in [0.2, 0.25) is 24.7 Å². The fraction of sp³-hybridized carbons (Fsp3) is 0.278. The van der Waals surface area contributed by atoms with Gasteiger partial charge in [-0.1, -0.05) is 23.7 Å². The van der Waals surface area contributed by atoms with Crippen molar-refractivity contribution in [2.45, 2.75) is 32.5 Å². The zero-order valence-electron chi connectivity index (χ0n) is 13.7. The molecular weight excluding hydrogens is 326 g/mol. The molecule has 2 aromatic carbocycles. The van der Waals surface area contributed by atoms with Crippen LogP contribution >= 0.6 is 11.6 Å². The van der Waals surface area contributed by atoms with Gasteiger partial charge < -0.3 is 9.41 Å². The van der Waals surface area contributed by atoms with Gasteiger partial charge in [0, 0.05) is 26.8 Å². The van der Waals surface area contributed by atoms with Gasteiger partial charge in [0.25, 0.3) is 5.97 Å². The van der Waals surface area contributed by atoms with E-state index in [0.717, 1.165) is 32.4 Å². The Kier molecular flexibility index (Phi) is 3.98. The molecule has 0 amide bonds. The average Bonchev–Trinajstić information content (AvgIpc) is 2.81. The summed E-state index contributed by atoms with van der Waals surface area (Å²) in [5.74, 6) is -0.427. The third-order valence-electron chi connectivity index (χ3n) is 3.85. The Bertz CT molecular complexity index is 895. The molecular formula is C18H20ClNO2Si. The molecule has 23 heavy (non-hydrogen) atoms. The molecule has 0 fully saturated rings. The van der Waals surface area contributed by atoms with E-state index in [2.05, 4.69) is 4.98 Å². The molecule has 5 heteroatoms. The van der Waals surface area contributed by atoms with Crippen molar-refractivity contribution in [3.63, 3.8) is 0 Å². The van der Waals surface area contributed by atoms with Crippen LogP contribution < -0.4 is 0 Å². The first kappa shape index (κ1) is 16.1. The number of aromatic amines is 1. The molecule has 1 heterocycles. The molecule has 0 saturated carbocycles. The molecule has 1 aromatic heterocycles. The Morgan fingerprint density at radius 3 is 2.52 bits per heavy atom. The highest BCUT2D eigenvalue weighted by Crippen LogP contribution is 2.30. The van der Waals surface area contributed by atoms with Crippen LogP contribution in [0.1, 0.15) is 18.4 Å². The molecule has 0 spiro atoms. The standard InChI is InChI=1S/C18H20ClNO2Si/c1-11(18(21)22-23(2,3)4)12-5-7-14-15-10-13(19)6-8-16(15)20-17(14)9-12/h5-11,20H,1-4H3. The third kappa shape index (κ3) is 3.28. The number of benzene rings is 2. The highest BCUT2D eigenvalue weighted by molar-refractivity contribution is 6.71. The molecule has 0 aliphatic rings. The molecule has 0 saturated heterocycles. The Balaban J connectivity index is 2.00. The molecule has 3 rings (SSSR count). The Morgan fingerprint density at radius 2 is 1.83 bits per heavy atom. The molecule has 0 bridgehead atoms. The van der Waals surface area contributed by atoms with E-state index in [1.165, 1.54) is 0 Å². The summed E-state index contributed by atoms with van der Waals surface area (Å²) in [5, 5.41) is 2.92. The molecule has 0 radical (unpaired) electrons. The van der Waals surface area contributed by atoms with Crippen molar-refractivity contribution in [2.75, 3.05) is 0 Å². The number of nitrogens with one attached hydrogen (secondary N) is 1. The number of fused-ring (bicyclic) bond motifs is 3. The average molecular weight is 346 g/mol. The van der Waals surface area contributed by atoms with Crippen LogP contribution in [0.5, 0.6) is 0 Å². The van der Waals surface area contributed by atoms with Gasteiger partial charge in [-0.2, -0.15) is 0 Å². The lowest BCUT2D eigenvalue weighted by Crippen LogP contribution is -2.31. The van der Waals surface area contributed by atoms with Gasteiger partial charge in [0.15, 0.2) is 0 Å². The Labute approximate surface area is 141 Å². The summed E-state index contributed by atoms with van der Waals surface area (Å²) in [5.41, 5.74) is 3.00. The van der Waals surface area contributed by atoms with Crippen LogP contribution in [0.25, 0.3) is 21.8 Å². The number of hydrogen-bond donors (Lipinski definition) is 1. The lowest BCUT2D eigenvalue weighted by molar-refractivity contribution is -0.136. The summed E-state index contributed by atoms with van der Waals surface area (Å²) >= 11 is 6.09. The van der Waals surface area contributed by atoms with Crippen molar-refractivity contribution in [1.82, 2.24) is 4.98 Å². The van der Waals surface area contributed by atoms with E-state index in [1.807, 2.05) is 63.0 Å². The first-order valence-corrected chi connectivity index (χ1v) is 11.5. The highest BCUT2D eigenvalue weighted by atomic mass is 35.5. The van der Waals surface area contributed by atoms with Crippen LogP contribution in [0.4, 0.5) is 0 Å². The van der Waals surface area contributed by atoms with Crippen LogP contribution in [0.15, 0.2) is 36.4 Å². The number of aromatic nitrogens is 1. The van der Waals surface area contributed by atoms with Crippen molar-refractivity contribution in [1.29, 1.82) is 0 Å². The summed E-state index contributed by atoms with van der Waals surface area (Å²) in [4.78, 5) is 15.7. The first-order chi connectivity index (χ1) is 10.7. The number of hydrogen-bond acceptors (Lipinski definition) is 2. The van der Waals surface area contributed by atoms with Crippen LogP contribution in [0, 0.1) is 0 Å². The summed E-state index contributed by atoms with van der Waals surface area (Å²) in [6.45, 7) is 7.94. The molecule has 120 valence electrons. The van der Waals surface area contributed by atoms with Gasteiger partial charge in [0.05, 0.1) is 5.92 Å². The second-order valence-corrected chi connectivity index (χ2v) is 11.7. The zero-order valence-corrected chi connectivity index (χ0v) is 15.5. The van der Waals surface area contributed by atoms with Crippen LogP contribution in [0.3, 0.4) is 0 Å². The maximum absolute atomic E-state index is 12.3. The summed E-state index contributed by atoms with van der Waals surface area (Å²) in [6.07, 6.45) is 0. The topological polar surface area (TPSA) is 42.1 Å². The molecule has 3 aromatic rings. The predicted octanol–water partition coefficient (Wildman–Crippen LogP) is 5.46. The largest absolute Gasteiger partial charge is 0.519 e. The summed E-state index contributed by atoms with van der Waals surface area (Å²) < 4.78 is 5.61. The molecule has 1 unspecified atom stereocenters. The number of carbonyl (C=O) groups excluding carboxylic acids is 1. The van der Waals surface area contributed by atoms with Crippen molar-refractivity contribution in [3.8, 4) is 0 Å². The molecule has 1 atom stereocenters. The minimum atomic E-state index is -1.87. The quantitative estimate of drug-likeness (QED) is 0.641. The number of halogens is 1. The van der Waals surface area contributed by atoms with E-state index in [-0.39, 0.29) is 11.9 Å². The maximum atomic E-state index is 12.3. The lowest BCUT2D eigenvalue weighted by atomic mass is 10.00. The maximum Gasteiger partial charge on any atom is 0.299 e. The normalized spacial score (nSPS) is 13.4. The lowest BCUT2D eigenvalue weighted by Gasteiger charge is -2.20. The SMILES string of the molecule is CC(C(=O)O[Si](C)(C)C)c1ccc2c(c1)[nH]c1ccc(Cl)cc12. The minimum absolute atomic E-state index is 0.150. The summed E-state index contributed by atoms with van der Waals surface area (Å²) in [7, 11) is -1.87. The van der Waals surface area contributed by atoms with Crippen LogP contribution in [-0.4, -0.2) is 19.3 Å². The van der Waals surface area contributed by atoms with E-state index >= 15 is 0 Å². The van der Waals surface area contributed by atoms with Gasteiger partial charge in [-0.15, -0.1) is 0 Å². The van der Waals surface area contributed by atoms with Gasteiger partial charge in [-0.05, 0) is 56.4 Å². The number of carbonyl (C=O) groups is 1. The van der Waals surface area contributed by atoms with E-state index in [0.29, 0.717) is 0 Å². The fourth-order valence-electron chi connectivity index (χ4n) is 2.69. The second-order valence-electron chi connectivity index (χ2n) is 6.88. The van der Waals surface area contributed by atoms with Gasteiger partial charge in [0.2, 0.25) is 8.32 Å². The third-order valence-corrected chi connectivity index (χ3v) is 4.89. The number of rotatable bonds is 3. The Hall–Kier alpha value is -1.78. The highest BCUT2D eigenvalue weighted by Gasteiger charge is 2.25. The summed E-state index contributed by atoms with van der Waals surface area (Å²) in [6, 6.07) is 11.9. The van der Waals surface area contributed by atoms with Crippen LogP contribution in [-0.2, 0) is 9.22 Å². The monoisotopic (exact) mass is 345 g/mol. The van der Waals surface area contributed by atoms with Gasteiger partial charge in [0.1, 0.15) is 0 Å². The van der Waals surface area contributed by atoms with Crippen molar-refractivity contribution in [2.24, 2.45) is 0 Å². The predicted molar refractivity (Wildman–Crippen MR) is 98.7 cm³/mol. The van der Waals surface area contributed by atoms with Crippen molar-refractivity contribution in [3.05, 3.63) is 47.0 Å². The smallest absolute Gasteiger partial charge is 0.299 e.